The van der Waals surface area contributed by atoms with E-state index in [0.29, 0.717) is 11.8 Å². The van der Waals surface area contributed by atoms with Crippen molar-refractivity contribution in [3.05, 3.63) is 35.6 Å². The summed E-state index contributed by atoms with van der Waals surface area (Å²) in [6.45, 7) is 2.18. The first-order valence-corrected chi connectivity index (χ1v) is 8.20. The Morgan fingerprint density at radius 2 is 1.96 bits per heavy atom. The Hall–Kier alpha value is -2.74. The van der Waals surface area contributed by atoms with Gasteiger partial charge in [-0.15, -0.1) is 0 Å². The molecule has 140 valence electrons. The predicted molar refractivity (Wildman–Crippen MR) is 91.8 cm³/mol. The van der Waals surface area contributed by atoms with Gasteiger partial charge in [-0.3, -0.25) is 15.3 Å². The maximum atomic E-state index is 14.3. The van der Waals surface area contributed by atoms with E-state index in [1.54, 1.807) is 12.1 Å². The highest BCUT2D eigenvalue weighted by molar-refractivity contribution is 5.91. The number of unbranched alkanes of at least 4 members (excludes halogenated alkanes) is 1. The van der Waals surface area contributed by atoms with E-state index in [4.69, 9.17) is 19.9 Å². The molecule has 1 atom stereocenters. The Balaban J connectivity index is 2.13. The van der Waals surface area contributed by atoms with Gasteiger partial charge in [-0.2, -0.15) is 0 Å². The largest absolute Gasteiger partial charge is 0.481 e. The molecule has 26 heavy (non-hydrogen) atoms. The second-order valence-corrected chi connectivity index (χ2v) is 5.55. The second kappa shape index (κ2) is 9.10. The molecular weight excluding hydrogens is 343 g/mol. The summed E-state index contributed by atoms with van der Waals surface area (Å²) in [5.74, 6) is -2.03. The number of hydrogen-bond donors (Lipinski definition) is 1. The van der Waals surface area contributed by atoms with E-state index in [2.05, 4.69) is 4.98 Å². The fourth-order valence-electron chi connectivity index (χ4n) is 2.29. The second-order valence-electron chi connectivity index (χ2n) is 5.55. The zero-order chi connectivity index (χ0) is 19.1. The molecule has 0 saturated heterocycles. The SMILES string of the molecule is CCCCOC(=O)CC(=O)OC(N)c1c(F)ccc2ccc(OC)nc12. The lowest BCUT2D eigenvalue weighted by Crippen LogP contribution is -2.23. The molecule has 1 aromatic heterocycles. The number of ether oxygens (including phenoxy) is 3. The number of nitrogens with two attached hydrogens (primary N) is 1. The highest BCUT2D eigenvalue weighted by Crippen LogP contribution is 2.27. The fraction of sp³-hybridized carbons (Fsp3) is 0.389. The Morgan fingerprint density at radius 1 is 1.23 bits per heavy atom. The molecule has 1 aromatic carbocycles. The van der Waals surface area contributed by atoms with Crippen LogP contribution in [0.15, 0.2) is 24.3 Å². The first-order chi connectivity index (χ1) is 12.5. The minimum Gasteiger partial charge on any atom is -0.481 e. The van der Waals surface area contributed by atoms with Crippen molar-refractivity contribution < 1.29 is 28.2 Å². The number of esters is 2. The van der Waals surface area contributed by atoms with Gasteiger partial charge in [0.15, 0.2) is 6.23 Å². The van der Waals surface area contributed by atoms with Crippen LogP contribution >= 0.6 is 0 Å². The molecule has 0 bridgehead atoms. The number of pyridine rings is 1. The van der Waals surface area contributed by atoms with Gasteiger partial charge in [-0.25, -0.2) is 9.37 Å². The summed E-state index contributed by atoms with van der Waals surface area (Å²) in [6.07, 6.45) is -0.455. The molecule has 2 aromatic rings. The van der Waals surface area contributed by atoms with Crippen LogP contribution in [0, 0.1) is 5.82 Å². The van der Waals surface area contributed by atoms with Gasteiger partial charge >= 0.3 is 11.9 Å². The molecule has 0 aliphatic carbocycles. The number of aromatic nitrogens is 1. The smallest absolute Gasteiger partial charge is 0.318 e. The molecule has 2 N–H and O–H groups in total. The Kier molecular flexibility index (Phi) is 6.85. The summed E-state index contributed by atoms with van der Waals surface area (Å²) in [6, 6.07) is 6.04. The zero-order valence-electron chi connectivity index (χ0n) is 14.7. The van der Waals surface area contributed by atoms with Crippen molar-refractivity contribution in [3.8, 4) is 5.88 Å². The van der Waals surface area contributed by atoms with E-state index in [1.165, 1.54) is 19.2 Å². The molecule has 0 fully saturated rings. The number of rotatable bonds is 8. The van der Waals surface area contributed by atoms with Crippen LogP contribution in [0.5, 0.6) is 5.88 Å². The Bertz CT molecular complexity index is 796. The number of fused-ring (bicyclic) bond motifs is 1. The van der Waals surface area contributed by atoms with Gasteiger partial charge in [0, 0.05) is 11.5 Å². The summed E-state index contributed by atoms with van der Waals surface area (Å²) in [5, 5.41) is 0.604. The van der Waals surface area contributed by atoms with Gasteiger partial charge in [-0.1, -0.05) is 13.3 Å². The molecule has 0 saturated carbocycles. The van der Waals surface area contributed by atoms with Crippen molar-refractivity contribution >= 4 is 22.8 Å². The molecule has 0 aliphatic rings. The van der Waals surface area contributed by atoms with Crippen LogP contribution in [0.2, 0.25) is 0 Å². The summed E-state index contributed by atoms with van der Waals surface area (Å²) in [4.78, 5) is 27.6. The molecule has 0 aliphatic heterocycles. The van der Waals surface area contributed by atoms with Crippen molar-refractivity contribution in [1.82, 2.24) is 4.98 Å². The third-order valence-electron chi connectivity index (χ3n) is 3.62. The minimum absolute atomic E-state index is 0.0888. The molecule has 0 radical (unpaired) electrons. The van der Waals surface area contributed by atoms with Crippen LogP contribution in [0.3, 0.4) is 0 Å². The summed E-state index contributed by atoms with van der Waals surface area (Å²) >= 11 is 0. The van der Waals surface area contributed by atoms with Crippen LogP contribution in [-0.2, 0) is 19.1 Å². The van der Waals surface area contributed by atoms with Crippen molar-refractivity contribution in [1.29, 1.82) is 0 Å². The highest BCUT2D eigenvalue weighted by atomic mass is 19.1. The summed E-state index contributed by atoms with van der Waals surface area (Å²) < 4.78 is 29.2. The van der Waals surface area contributed by atoms with Crippen molar-refractivity contribution in [3.63, 3.8) is 0 Å². The maximum Gasteiger partial charge on any atom is 0.318 e. The Morgan fingerprint density at radius 3 is 2.65 bits per heavy atom. The lowest BCUT2D eigenvalue weighted by molar-refractivity contribution is -0.157. The zero-order valence-corrected chi connectivity index (χ0v) is 14.7. The van der Waals surface area contributed by atoms with Crippen molar-refractivity contribution in [2.75, 3.05) is 13.7 Å². The van der Waals surface area contributed by atoms with E-state index in [9.17, 15) is 14.0 Å². The number of hydrogen-bond acceptors (Lipinski definition) is 7. The minimum atomic E-state index is -1.42. The fourth-order valence-corrected chi connectivity index (χ4v) is 2.29. The van der Waals surface area contributed by atoms with Crippen LogP contribution in [0.4, 0.5) is 4.39 Å². The first-order valence-electron chi connectivity index (χ1n) is 8.20. The van der Waals surface area contributed by atoms with Gasteiger partial charge in [0.05, 0.1) is 24.8 Å². The first kappa shape index (κ1) is 19.6. The Labute approximate surface area is 150 Å². The molecule has 8 heteroatoms. The van der Waals surface area contributed by atoms with E-state index in [0.717, 1.165) is 6.42 Å². The molecule has 0 spiro atoms. The summed E-state index contributed by atoms with van der Waals surface area (Å²) in [7, 11) is 1.43. The summed E-state index contributed by atoms with van der Waals surface area (Å²) in [5.41, 5.74) is 5.96. The van der Waals surface area contributed by atoms with Crippen molar-refractivity contribution in [2.45, 2.75) is 32.4 Å². The molecule has 1 heterocycles. The van der Waals surface area contributed by atoms with Gasteiger partial charge in [0.25, 0.3) is 0 Å². The van der Waals surface area contributed by atoms with Crippen LogP contribution in [0.25, 0.3) is 10.9 Å². The maximum absolute atomic E-state index is 14.3. The number of benzene rings is 1. The lowest BCUT2D eigenvalue weighted by Gasteiger charge is -2.16. The number of methoxy groups -OCH3 is 1. The lowest BCUT2D eigenvalue weighted by atomic mass is 10.1. The number of halogens is 1. The quantitative estimate of drug-likeness (QED) is 0.332. The highest BCUT2D eigenvalue weighted by Gasteiger charge is 2.22. The molecule has 2 rings (SSSR count). The van der Waals surface area contributed by atoms with E-state index >= 15 is 0 Å². The van der Waals surface area contributed by atoms with E-state index in [1.807, 2.05) is 6.92 Å². The standard InChI is InChI=1S/C18H21FN2O5/c1-3-4-9-25-14(22)10-15(23)26-18(20)16-12(19)7-5-11-6-8-13(24-2)21-17(11)16/h5-8,18H,3-4,9-10,20H2,1-2H3. The number of carbonyl (C=O) groups is 2. The topological polar surface area (TPSA) is 101 Å². The predicted octanol–water partition coefficient (Wildman–Crippen LogP) is 2.62. The van der Waals surface area contributed by atoms with Gasteiger partial charge in [-0.05, 0) is 24.6 Å². The molecular formula is C18H21FN2O5. The third-order valence-corrected chi connectivity index (χ3v) is 3.62. The average molecular weight is 364 g/mol. The molecule has 7 nitrogen and oxygen atoms in total. The average Bonchev–Trinajstić information content (AvgIpc) is 2.60. The van der Waals surface area contributed by atoms with E-state index < -0.39 is 30.4 Å². The molecule has 0 amide bonds. The van der Waals surface area contributed by atoms with Crippen molar-refractivity contribution in [2.24, 2.45) is 5.73 Å². The normalized spacial score (nSPS) is 11.8. The van der Waals surface area contributed by atoms with Gasteiger partial charge in [0.2, 0.25) is 5.88 Å². The van der Waals surface area contributed by atoms with Gasteiger partial charge < -0.3 is 14.2 Å². The van der Waals surface area contributed by atoms with Gasteiger partial charge in [0.1, 0.15) is 12.2 Å². The van der Waals surface area contributed by atoms with Crippen LogP contribution < -0.4 is 10.5 Å². The molecule has 1 unspecified atom stereocenters. The monoisotopic (exact) mass is 364 g/mol. The number of carbonyl (C=O) groups excluding carboxylic acids is 2. The number of nitrogens with zero attached hydrogens (tertiary/aromatic N) is 1. The van der Waals surface area contributed by atoms with E-state index in [-0.39, 0.29) is 23.6 Å². The van der Waals surface area contributed by atoms with Crippen LogP contribution in [0.1, 0.15) is 38.0 Å². The van der Waals surface area contributed by atoms with Crippen LogP contribution in [-0.4, -0.2) is 30.6 Å². The third kappa shape index (κ3) is 4.89.